The van der Waals surface area contributed by atoms with Crippen molar-refractivity contribution in [3.05, 3.63) is 53.6 Å². The second-order valence-electron chi connectivity index (χ2n) is 6.05. The first kappa shape index (κ1) is 20.8. The fourth-order valence-electron chi connectivity index (χ4n) is 2.73. The molecule has 0 aliphatic rings. The maximum Gasteiger partial charge on any atom is 0.224 e. The molecule has 2 aromatic carbocycles. The van der Waals surface area contributed by atoms with Crippen LogP contribution in [0.25, 0.3) is 0 Å². The molecule has 0 aliphatic carbocycles. The predicted molar refractivity (Wildman–Crippen MR) is 105 cm³/mol. The Labute approximate surface area is 164 Å². The molecule has 0 heterocycles. The van der Waals surface area contributed by atoms with Crippen molar-refractivity contribution in [1.29, 1.82) is 5.26 Å². The smallest absolute Gasteiger partial charge is 0.224 e. The number of hydrogen-bond acceptors (Lipinski definition) is 5. The van der Waals surface area contributed by atoms with Gasteiger partial charge in [0.1, 0.15) is 0 Å². The molecule has 0 aliphatic heterocycles. The summed E-state index contributed by atoms with van der Waals surface area (Å²) in [4.78, 5) is 25.7. The van der Waals surface area contributed by atoms with Crippen molar-refractivity contribution < 1.29 is 19.1 Å². The minimum Gasteiger partial charge on any atom is -0.493 e. The van der Waals surface area contributed by atoms with E-state index in [0.717, 1.165) is 5.56 Å². The number of rotatable bonds is 8. The van der Waals surface area contributed by atoms with Gasteiger partial charge in [-0.1, -0.05) is 6.07 Å². The lowest BCUT2D eigenvalue weighted by molar-refractivity contribution is -0.121. The Bertz CT molecular complexity index is 872. The molecule has 1 N–H and O–H groups in total. The summed E-state index contributed by atoms with van der Waals surface area (Å²) in [6, 6.07) is 14.1. The number of anilines is 1. The number of nitriles is 1. The van der Waals surface area contributed by atoms with Crippen LogP contribution in [0, 0.1) is 11.3 Å². The maximum absolute atomic E-state index is 12.2. The highest BCUT2D eigenvalue weighted by molar-refractivity contribution is 5.91. The SMILES string of the molecule is COc1ccc(CC(=O)NCCN(C(C)=O)c2ccc(C#N)cc2)cc1OC. The van der Waals surface area contributed by atoms with Crippen molar-refractivity contribution in [3.8, 4) is 17.6 Å². The normalized spacial score (nSPS) is 9.93. The lowest BCUT2D eigenvalue weighted by Gasteiger charge is -2.21. The van der Waals surface area contributed by atoms with E-state index in [2.05, 4.69) is 5.32 Å². The van der Waals surface area contributed by atoms with Gasteiger partial charge in [-0.2, -0.15) is 5.26 Å². The Morgan fingerprint density at radius 1 is 1.07 bits per heavy atom. The molecule has 0 radical (unpaired) electrons. The van der Waals surface area contributed by atoms with Gasteiger partial charge in [-0.05, 0) is 42.0 Å². The zero-order valence-corrected chi connectivity index (χ0v) is 16.2. The first-order valence-corrected chi connectivity index (χ1v) is 8.74. The fraction of sp³-hybridized carbons (Fsp3) is 0.286. The number of nitrogens with zero attached hydrogens (tertiary/aromatic N) is 2. The molecule has 0 atom stereocenters. The van der Waals surface area contributed by atoms with Crippen LogP contribution in [0.2, 0.25) is 0 Å². The minimum absolute atomic E-state index is 0.140. The number of carbonyl (C=O) groups is 2. The standard InChI is InChI=1S/C21H23N3O4/c1-15(25)24(18-7-4-16(14-22)5-8-18)11-10-23-21(26)13-17-6-9-19(27-2)20(12-17)28-3/h4-9,12H,10-11,13H2,1-3H3,(H,23,26). The molecule has 0 spiro atoms. The minimum atomic E-state index is -0.157. The first-order valence-electron chi connectivity index (χ1n) is 8.74. The topological polar surface area (TPSA) is 91.7 Å². The van der Waals surface area contributed by atoms with Gasteiger partial charge in [0.05, 0.1) is 32.3 Å². The van der Waals surface area contributed by atoms with Gasteiger partial charge in [-0.25, -0.2) is 0 Å². The second kappa shape index (κ2) is 9.97. The van der Waals surface area contributed by atoms with Gasteiger partial charge in [-0.15, -0.1) is 0 Å². The Morgan fingerprint density at radius 3 is 2.32 bits per heavy atom. The van der Waals surface area contributed by atoms with Gasteiger partial charge in [0.25, 0.3) is 0 Å². The maximum atomic E-state index is 12.2. The van der Waals surface area contributed by atoms with Crippen molar-refractivity contribution in [2.75, 3.05) is 32.2 Å². The molecule has 146 valence electrons. The van der Waals surface area contributed by atoms with Crippen LogP contribution >= 0.6 is 0 Å². The first-order chi connectivity index (χ1) is 13.5. The second-order valence-corrected chi connectivity index (χ2v) is 6.05. The predicted octanol–water partition coefficient (Wildman–Crippen LogP) is 2.29. The molecule has 0 saturated carbocycles. The van der Waals surface area contributed by atoms with E-state index in [4.69, 9.17) is 14.7 Å². The molecule has 7 heteroatoms. The van der Waals surface area contributed by atoms with Crippen molar-refractivity contribution in [2.45, 2.75) is 13.3 Å². The summed E-state index contributed by atoms with van der Waals surface area (Å²) in [5, 5.41) is 11.7. The lowest BCUT2D eigenvalue weighted by atomic mass is 10.1. The number of hydrogen-bond donors (Lipinski definition) is 1. The van der Waals surface area contributed by atoms with Crippen LogP contribution in [0.3, 0.4) is 0 Å². The van der Waals surface area contributed by atoms with E-state index < -0.39 is 0 Å². The van der Waals surface area contributed by atoms with Crippen LogP contribution in [0.15, 0.2) is 42.5 Å². The highest BCUT2D eigenvalue weighted by Crippen LogP contribution is 2.27. The number of benzene rings is 2. The van der Waals surface area contributed by atoms with Crippen LogP contribution in [-0.2, 0) is 16.0 Å². The van der Waals surface area contributed by atoms with E-state index in [0.29, 0.717) is 35.8 Å². The number of amides is 2. The molecular weight excluding hydrogens is 358 g/mol. The number of ether oxygens (including phenoxy) is 2. The largest absolute Gasteiger partial charge is 0.493 e. The molecular formula is C21H23N3O4. The summed E-state index contributed by atoms with van der Waals surface area (Å²) in [6.07, 6.45) is 0.192. The summed E-state index contributed by atoms with van der Waals surface area (Å²) >= 11 is 0. The fourth-order valence-corrected chi connectivity index (χ4v) is 2.73. The lowest BCUT2D eigenvalue weighted by Crippen LogP contribution is -2.38. The highest BCUT2D eigenvalue weighted by Gasteiger charge is 2.13. The van der Waals surface area contributed by atoms with Gasteiger partial charge in [0.15, 0.2) is 11.5 Å². The van der Waals surface area contributed by atoms with Crippen molar-refractivity contribution >= 4 is 17.5 Å². The monoisotopic (exact) mass is 381 g/mol. The Kier molecular flexibility index (Phi) is 7.40. The molecule has 0 fully saturated rings. The molecule has 0 aromatic heterocycles. The summed E-state index contributed by atoms with van der Waals surface area (Å²) in [5.74, 6) is 0.872. The zero-order valence-electron chi connectivity index (χ0n) is 16.2. The number of nitrogens with one attached hydrogen (secondary N) is 1. The van der Waals surface area contributed by atoms with Crippen LogP contribution in [-0.4, -0.2) is 39.1 Å². The van der Waals surface area contributed by atoms with Crippen LogP contribution in [0.5, 0.6) is 11.5 Å². The molecule has 2 aromatic rings. The van der Waals surface area contributed by atoms with Gasteiger partial charge in [0, 0.05) is 25.7 Å². The van der Waals surface area contributed by atoms with Crippen LogP contribution < -0.4 is 19.7 Å². The average Bonchev–Trinajstić information content (AvgIpc) is 2.71. The zero-order chi connectivity index (χ0) is 20.5. The van der Waals surface area contributed by atoms with Gasteiger partial charge in [-0.3, -0.25) is 9.59 Å². The average molecular weight is 381 g/mol. The highest BCUT2D eigenvalue weighted by atomic mass is 16.5. The van der Waals surface area contributed by atoms with E-state index in [1.807, 2.05) is 6.07 Å². The van der Waals surface area contributed by atoms with Crippen molar-refractivity contribution in [3.63, 3.8) is 0 Å². The van der Waals surface area contributed by atoms with E-state index in [9.17, 15) is 9.59 Å². The third-order valence-electron chi connectivity index (χ3n) is 4.16. The summed E-state index contributed by atoms with van der Waals surface area (Å²) in [6.45, 7) is 2.11. The Balaban J connectivity index is 1.92. The summed E-state index contributed by atoms with van der Waals surface area (Å²) < 4.78 is 10.4. The van der Waals surface area contributed by atoms with Crippen LogP contribution in [0.4, 0.5) is 5.69 Å². The Morgan fingerprint density at radius 2 is 1.75 bits per heavy atom. The number of carbonyl (C=O) groups excluding carboxylic acids is 2. The molecule has 7 nitrogen and oxygen atoms in total. The van der Waals surface area contributed by atoms with E-state index in [1.54, 1.807) is 61.6 Å². The van der Waals surface area contributed by atoms with Gasteiger partial charge in [0.2, 0.25) is 11.8 Å². The summed E-state index contributed by atoms with van der Waals surface area (Å²) in [7, 11) is 3.10. The van der Waals surface area contributed by atoms with E-state index in [-0.39, 0.29) is 18.2 Å². The van der Waals surface area contributed by atoms with Gasteiger partial charge < -0.3 is 19.7 Å². The quantitative estimate of drug-likeness (QED) is 0.757. The van der Waals surface area contributed by atoms with Crippen LogP contribution in [0.1, 0.15) is 18.1 Å². The van der Waals surface area contributed by atoms with E-state index in [1.165, 1.54) is 6.92 Å². The van der Waals surface area contributed by atoms with Gasteiger partial charge >= 0.3 is 0 Å². The third-order valence-corrected chi connectivity index (χ3v) is 4.16. The third kappa shape index (κ3) is 5.48. The van der Waals surface area contributed by atoms with E-state index >= 15 is 0 Å². The molecule has 2 amide bonds. The van der Waals surface area contributed by atoms with Crippen molar-refractivity contribution in [1.82, 2.24) is 5.32 Å². The van der Waals surface area contributed by atoms with Crippen molar-refractivity contribution in [2.24, 2.45) is 0 Å². The Hall–Kier alpha value is -3.53. The molecule has 0 unspecified atom stereocenters. The summed E-state index contributed by atoms with van der Waals surface area (Å²) in [5.41, 5.74) is 2.00. The number of methoxy groups -OCH3 is 2. The molecule has 2 rings (SSSR count). The molecule has 0 saturated heterocycles. The molecule has 28 heavy (non-hydrogen) atoms. The molecule has 0 bridgehead atoms.